The van der Waals surface area contributed by atoms with Crippen molar-refractivity contribution in [3.8, 4) is 11.5 Å². The Hall–Kier alpha value is -3.55. The fourth-order valence-corrected chi connectivity index (χ4v) is 2.90. The largest absolute Gasteiger partial charge is 0.497 e. The number of fused-ring (bicyclic) bond motifs is 1. The lowest BCUT2D eigenvalue weighted by atomic mass is 10.1. The molecule has 1 heterocycles. The van der Waals surface area contributed by atoms with Gasteiger partial charge in [0.15, 0.2) is 0 Å². The summed E-state index contributed by atoms with van der Waals surface area (Å²) in [5.74, 6) is 0.0625. The topological polar surface area (TPSA) is 106 Å². The van der Waals surface area contributed by atoms with Crippen LogP contribution < -0.4 is 25.4 Å². The normalized spacial score (nSPS) is 15.6. The summed E-state index contributed by atoms with van der Waals surface area (Å²) in [6.45, 7) is 0. The molecule has 0 fully saturated rings. The maximum Gasteiger partial charge on any atom is 0.254 e. The lowest BCUT2D eigenvalue weighted by Crippen LogP contribution is -2.41. The first-order chi connectivity index (χ1) is 13.5. The van der Waals surface area contributed by atoms with Gasteiger partial charge in [-0.2, -0.15) is 0 Å². The molecular formula is C20H21N3O5. The number of methoxy groups -OCH3 is 2. The molecule has 0 spiro atoms. The Morgan fingerprint density at radius 3 is 2.64 bits per heavy atom. The van der Waals surface area contributed by atoms with Crippen molar-refractivity contribution in [2.45, 2.75) is 18.9 Å². The summed E-state index contributed by atoms with van der Waals surface area (Å²) in [5, 5.41) is 8.14. The molecule has 8 heteroatoms. The van der Waals surface area contributed by atoms with Gasteiger partial charge in [-0.1, -0.05) is 12.1 Å². The summed E-state index contributed by atoms with van der Waals surface area (Å²) >= 11 is 0. The predicted molar refractivity (Wildman–Crippen MR) is 104 cm³/mol. The molecule has 0 radical (unpaired) electrons. The lowest BCUT2D eigenvalue weighted by Gasteiger charge is -2.15. The molecule has 2 aromatic carbocycles. The third-order valence-electron chi connectivity index (χ3n) is 4.39. The van der Waals surface area contributed by atoms with E-state index in [0.717, 1.165) is 0 Å². The summed E-state index contributed by atoms with van der Waals surface area (Å²) < 4.78 is 10.4. The van der Waals surface area contributed by atoms with Crippen molar-refractivity contribution < 1.29 is 23.9 Å². The molecule has 8 nitrogen and oxygen atoms in total. The van der Waals surface area contributed by atoms with E-state index in [1.807, 2.05) is 0 Å². The summed E-state index contributed by atoms with van der Waals surface area (Å²) in [4.78, 5) is 37.0. The van der Waals surface area contributed by atoms with Crippen LogP contribution in [0.1, 0.15) is 23.2 Å². The summed E-state index contributed by atoms with van der Waals surface area (Å²) in [6, 6.07) is 11.0. The smallest absolute Gasteiger partial charge is 0.254 e. The Morgan fingerprint density at radius 1 is 1.11 bits per heavy atom. The Kier molecular flexibility index (Phi) is 5.78. The average molecular weight is 383 g/mol. The van der Waals surface area contributed by atoms with Crippen LogP contribution in [-0.2, 0) is 9.59 Å². The van der Waals surface area contributed by atoms with E-state index in [9.17, 15) is 14.4 Å². The van der Waals surface area contributed by atoms with Gasteiger partial charge in [0.1, 0.15) is 17.5 Å². The molecule has 1 aliphatic heterocycles. The summed E-state index contributed by atoms with van der Waals surface area (Å²) in [5.41, 5.74) is 1.35. The number of para-hydroxylation sites is 1. The van der Waals surface area contributed by atoms with E-state index in [1.54, 1.807) is 42.5 Å². The molecule has 28 heavy (non-hydrogen) atoms. The predicted octanol–water partition coefficient (Wildman–Crippen LogP) is 2.17. The van der Waals surface area contributed by atoms with Crippen molar-refractivity contribution in [1.82, 2.24) is 5.32 Å². The van der Waals surface area contributed by atoms with Crippen molar-refractivity contribution in [3.05, 3.63) is 48.0 Å². The average Bonchev–Trinajstić information content (AvgIpc) is 2.82. The molecule has 0 saturated carbocycles. The van der Waals surface area contributed by atoms with E-state index >= 15 is 0 Å². The Bertz CT molecular complexity index is 912. The zero-order valence-electron chi connectivity index (χ0n) is 15.6. The first-order valence-corrected chi connectivity index (χ1v) is 8.74. The Labute approximate surface area is 162 Å². The fraction of sp³-hybridized carbons (Fsp3) is 0.250. The Balaban J connectivity index is 1.62. The van der Waals surface area contributed by atoms with Crippen LogP contribution in [0.15, 0.2) is 42.5 Å². The number of amides is 3. The van der Waals surface area contributed by atoms with Crippen molar-refractivity contribution in [2.24, 2.45) is 0 Å². The maximum absolute atomic E-state index is 12.4. The lowest BCUT2D eigenvalue weighted by molar-refractivity contribution is -0.118. The van der Waals surface area contributed by atoms with Crippen molar-refractivity contribution >= 4 is 29.1 Å². The number of nitrogens with one attached hydrogen (secondary N) is 3. The second-order valence-corrected chi connectivity index (χ2v) is 6.21. The molecule has 2 aromatic rings. The van der Waals surface area contributed by atoms with Gasteiger partial charge < -0.3 is 25.4 Å². The second-order valence-electron chi connectivity index (χ2n) is 6.21. The number of ether oxygens (including phenoxy) is 2. The molecule has 3 amide bonds. The highest BCUT2D eigenvalue weighted by Gasteiger charge is 2.27. The Morgan fingerprint density at radius 2 is 1.89 bits per heavy atom. The van der Waals surface area contributed by atoms with Crippen LogP contribution in [0.4, 0.5) is 11.4 Å². The maximum atomic E-state index is 12.4. The van der Waals surface area contributed by atoms with Gasteiger partial charge in [-0.05, 0) is 30.7 Å². The van der Waals surface area contributed by atoms with Crippen molar-refractivity contribution in [2.75, 3.05) is 24.9 Å². The summed E-state index contributed by atoms with van der Waals surface area (Å²) in [7, 11) is 3.03. The van der Waals surface area contributed by atoms with E-state index < -0.39 is 6.04 Å². The highest BCUT2D eigenvalue weighted by atomic mass is 16.5. The zero-order valence-corrected chi connectivity index (χ0v) is 15.6. The van der Waals surface area contributed by atoms with Gasteiger partial charge in [0.2, 0.25) is 11.8 Å². The van der Waals surface area contributed by atoms with Crippen LogP contribution in [-0.4, -0.2) is 38.0 Å². The molecule has 0 bridgehead atoms. The SMILES string of the molecule is COc1ccc(NC(=O)CCC2NC(=O)c3ccccc3NC2=O)c(OC)c1. The molecule has 3 rings (SSSR count). The highest BCUT2D eigenvalue weighted by Crippen LogP contribution is 2.29. The molecule has 0 aliphatic carbocycles. The van der Waals surface area contributed by atoms with Crippen LogP contribution in [0.2, 0.25) is 0 Å². The minimum atomic E-state index is -0.802. The molecule has 3 N–H and O–H groups in total. The van der Waals surface area contributed by atoms with E-state index in [0.29, 0.717) is 28.4 Å². The molecular weight excluding hydrogens is 362 g/mol. The minimum Gasteiger partial charge on any atom is -0.497 e. The third kappa shape index (κ3) is 4.22. The van der Waals surface area contributed by atoms with Crippen molar-refractivity contribution in [1.29, 1.82) is 0 Å². The summed E-state index contributed by atoms with van der Waals surface area (Å²) in [6.07, 6.45) is 0.208. The number of hydrogen-bond acceptors (Lipinski definition) is 5. The van der Waals surface area contributed by atoms with Crippen LogP contribution in [0, 0.1) is 0 Å². The monoisotopic (exact) mass is 383 g/mol. The molecule has 0 saturated heterocycles. The molecule has 1 unspecified atom stereocenters. The van der Waals surface area contributed by atoms with Gasteiger partial charge >= 0.3 is 0 Å². The molecule has 1 atom stereocenters. The number of benzene rings is 2. The third-order valence-corrected chi connectivity index (χ3v) is 4.39. The van der Waals surface area contributed by atoms with Crippen LogP contribution >= 0.6 is 0 Å². The van der Waals surface area contributed by atoms with E-state index in [2.05, 4.69) is 16.0 Å². The quantitative estimate of drug-likeness (QED) is 0.709. The van der Waals surface area contributed by atoms with E-state index in [1.165, 1.54) is 14.2 Å². The number of rotatable bonds is 6. The van der Waals surface area contributed by atoms with Gasteiger partial charge in [-0.25, -0.2) is 0 Å². The number of anilines is 2. The number of carbonyl (C=O) groups is 3. The zero-order chi connectivity index (χ0) is 20.1. The molecule has 0 aromatic heterocycles. The van der Waals surface area contributed by atoms with Crippen LogP contribution in [0.25, 0.3) is 0 Å². The van der Waals surface area contributed by atoms with Crippen LogP contribution in [0.3, 0.4) is 0 Å². The number of carbonyl (C=O) groups excluding carboxylic acids is 3. The van der Waals surface area contributed by atoms with Crippen molar-refractivity contribution in [3.63, 3.8) is 0 Å². The standard InChI is InChI=1S/C20H21N3O5/c1-27-12-7-8-15(17(11-12)28-2)21-18(24)10-9-16-20(26)22-14-6-4-3-5-13(14)19(25)23-16/h3-8,11,16H,9-10H2,1-2H3,(H,21,24)(H,22,26)(H,23,25). The van der Waals surface area contributed by atoms with Gasteiger partial charge in [0, 0.05) is 12.5 Å². The first kappa shape index (κ1) is 19.2. The van der Waals surface area contributed by atoms with E-state index in [4.69, 9.17) is 9.47 Å². The van der Waals surface area contributed by atoms with Crippen LogP contribution in [0.5, 0.6) is 11.5 Å². The minimum absolute atomic E-state index is 0.0455. The van der Waals surface area contributed by atoms with E-state index in [-0.39, 0.29) is 30.6 Å². The number of hydrogen-bond donors (Lipinski definition) is 3. The highest BCUT2D eigenvalue weighted by molar-refractivity contribution is 6.10. The van der Waals surface area contributed by atoms with Gasteiger partial charge in [-0.3, -0.25) is 14.4 Å². The first-order valence-electron chi connectivity index (χ1n) is 8.74. The van der Waals surface area contributed by atoms with Gasteiger partial charge in [0.05, 0.1) is 31.2 Å². The van der Waals surface area contributed by atoms with Gasteiger partial charge in [-0.15, -0.1) is 0 Å². The molecule has 146 valence electrons. The second kappa shape index (κ2) is 8.43. The molecule has 1 aliphatic rings. The van der Waals surface area contributed by atoms with Gasteiger partial charge in [0.25, 0.3) is 5.91 Å². The fourth-order valence-electron chi connectivity index (χ4n) is 2.90.